The molecule has 1 unspecified atom stereocenters. The number of likely N-dealkylation sites (tertiary alicyclic amines) is 2. The van der Waals surface area contributed by atoms with Gasteiger partial charge in [-0.15, -0.1) is 0 Å². The van der Waals surface area contributed by atoms with E-state index in [1.54, 1.807) is 10.9 Å². The number of hydrogen-bond donors (Lipinski definition) is 1. The van der Waals surface area contributed by atoms with Crippen LogP contribution in [0, 0.1) is 5.92 Å². The summed E-state index contributed by atoms with van der Waals surface area (Å²) in [4.78, 5) is 29.0. The molecule has 7 nitrogen and oxygen atoms in total. The lowest BCUT2D eigenvalue weighted by atomic mass is 9.97. The predicted molar refractivity (Wildman–Crippen MR) is 106 cm³/mol. The van der Waals surface area contributed by atoms with Crippen molar-refractivity contribution in [3.05, 3.63) is 48.3 Å². The van der Waals surface area contributed by atoms with Crippen molar-refractivity contribution in [1.29, 1.82) is 0 Å². The van der Waals surface area contributed by atoms with Crippen LogP contribution in [0.3, 0.4) is 0 Å². The van der Waals surface area contributed by atoms with E-state index in [0.717, 1.165) is 56.6 Å². The minimum Gasteiger partial charge on any atom is -0.352 e. The standard InChI is InChI=1S/C21H27N5O2/c27-20(18-5-3-13-25(16-18)21(28)24-11-1-2-12-24)22-15-17-6-8-19(9-7-17)26-14-4-10-23-26/h4,6-10,14,18H,1-3,5,11-13,15-16H2,(H,22,27). The summed E-state index contributed by atoms with van der Waals surface area (Å²) in [6.07, 6.45) is 7.54. The first-order valence-electron chi connectivity index (χ1n) is 10.1. The SMILES string of the molecule is O=C(NCc1ccc(-n2cccn2)cc1)C1CCCN(C(=O)N2CCCC2)C1. The third-order valence-electron chi connectivity index (χ3n) is 5.61. The van der Waals surface area contributed by atoms with Gasteiger partial charge in [-0.2, -0.15) is 5.10 Å². The molecule has 4 rings (SSSR count). The molecule has 1 atom stereocenters. The van der Waals surface area contributed by atoms with Crippen molar-refractivity contribution in [3.63, 3.8) is 0 Å². The number of benzene rings is 1. The fraction of sp³-hybridized carbons (Fsp3) is 0.476. The summed E-state index contributed by atoms with van der Waals surface area (Å²) in [5.74, 6) is -0.0845. The first-order chi connectivity index (χ1) is 13.7. The molecule has 3 amide bonds. The summed E-state index contributed by atoms with van der Waals surface area (Å²) >= 11 is 0. The van der Waals surface area contributed by atoms with Crippen molar-refractivity contribution < 1.29 is 9.59 Å². The van der Waals surface area contributed by atoms with Crippen LogP contribution in [0.5, 0.6) is 0 Å². The van der Waals surface area contributed by atoms with Crippen molar-refractivity contribution in [2.45, 2.75) is 32.2 Å². The molecular weight excluding hydrogens is 354 g/mol. The largest absolute Gasteiger partial charge is 0.352 e. The van der Waals surface area contributed by atoms with E-state index in [4.69, 9.17) is 0 Å². The lowest BCUT2D eigenvalue weighted by Crippen LogP contribution is -2.49. The highest BCUT2D eigenvalue weighted by Gasteiger charge is 2.31. The summed E-state index contributed by atoms with van der Waals surface area (Å²) in [6, 6.07) is 9.97. The number of nitrogens with zero attached hydrogens (tertiary/aromatic N) is 4. The highest BCUT2D eigenvalue weighted by Crippen LogP contribution is 2.20. The van der Waals surface area contributed by atoms with Crippen LogP contribution < -0.4 is 5.32 Å². The van der Waals surface area contributed by atoms with E-state index in [0.29, 0.717) is 13.1 Å². The monoisotopic (exact) mass is 381 g/mol. The maximum Gasteiger partial charge on any atom is 0.320 e. The fourth-order valence-electron chi connectivity index (χ4n) is 3.99. The summed E-state index contributed by atoms with van der Waals surface area (Å²) in [7, 11) is 0. The second kappa shape index (κ2) is 8.46. The van der Waals surface area contributed by atoms with Crippen LogP contribution in [-0.2, 0) is 11.3 Å². The van der Waals surface area contributed by atoms with E-state index in [9.17, 15) is 9.59 Å². The Morgan fingerprint density at radius 2 is 1.79 bits per heavy atom. The first-order valence-corrected chi connectivity index (χ1v) is 10.1. The third kappa shape index (κ3) is 4.18. The molecule has 2 fully saturated rings. The Kier molecular flexibility index (Phi) is 5.60. The first kappa shape index (κ1) is 18.5. The molecule has 0 aliphatic carbocycles. The van der Waals surface area contributed by atoms with Gasteiger partial charge in [0.05, 0.1) is 11.6 Å². The van der Waals surface area contributed by atoms with Crippen molar-refractivity contribution in [2.24, 2.45) is 5.92 Å². The third-order valence-corrected chi connectivity index (χ3v) is 5.61. The van der Waals surface area contributed by atoms with Crippen molar-refractivity contribution in [3.8, 4) is 5.69 Å². The van der Waals surface area contributed by atoms with Gasteiger partial charge >= 0.3 is 6.03 Å². The van der Waals surface area contributed by atoms with Crippen molar-refractivity contribution in [2.75, 3.05) is 26.2 Å². The summed E-state index contributed by atoms with van der Waals surface area (Å²) in [5.41, 5.74) is 2.04. The quantitative estimate of drug-likeness (QED) is 0.884. The molecule has 0 radical (unpaired) electrons. The van der Waals surface area contributed by atoms with Gasteiger partial charge in [0, 0.05) is 45.1 Å². The van der Waals surface area contributed by atoms with Gasteiger partial charge in [0.2, 0.25) is 5.91 Å². The van der Waals surface area contributed by atoms with Crippen LogP contribution in [0.15, 0.2) is 42.7 Å². The summed E-state index contributed by atoms with van der Waals surface area (Å²) in [6.45, 7) is 3.48. The Morgan fingerprint density at radius 1 is 1.04 bits per heavy atom. The lowest BCUT2D eigenvalue weighted by molar-refractivity contribution is -0.126. The van der Waals surface area contributed by atoms with Crippen molar-refractivity contribution in [1.82, 2.24) is 24.9 Å². The number of piperidine rings is 1. The molecule has 2 aromatic rings. The molecule has 28 heavy (non-hydrogen) atoms. The normalized spacial score (nSPS) is 19.6. The smallest absolute Gasteiger partial charge is 0.320 e. The van der Waals surface area contributed by atoms with Gasteiger partial charge in [0.15, 0.2) is 0 Å². The number of carbonyl (C=O) groups excluding carboxylic acids is 2. The Labute approximate surface area is 165 Å². The minimum absolute atomic E-state index is 0.0371. The Balaban J connectivity index is 1.29. The molecule has 1 aromatic heterocycles. The number of aromatic nitrogens is 2. The van der Waals surface area contributed by atoms with Crippen LogP contribution in [-0.4, -0.2) is 57.7 Å². The summed E-state index contributed by atoms with van der Waals surface area (Å²) in [5, 5.41) is 7.25. The number of carbonyl (C=O) groups is 2. The van der Waals surface area contributed by atoms with Gasteiger partial charge < -0.3 is 15.1 Å². The number of nitrogens with one attached hydrogen (secondary N) is 1. The van der Waals surface area contributed by atoms with Crippen LogP contribution in [0.2, 0.25) is 0 Å². The molecule has 1 aromatic carbocycles. The maximum atomic E-state index is 12.6. The van der Waals surface area contributed by atoms with Gasteiger partial charge in [-0.3, -0.25) is 4.79 Å². The average molecular weight is 381 g/mol. The number of urea groups is 1. The van der Waals surface area contributed by atoms with Crippen LogP contribution >= 0.6 is 0 Å². The van der Waals surface area contributed by atoms with Gasteiger partial charge in [0.25, 0.3) is 0 Å². The molecule has 3 heterocycles. The van der Waals surface area contributed by atoms with E-state index in [1.807, 2.05) is 46.3 Å². The second-order valence-electron chi connectivity index (χ2n) is 7.60. The molecular formula is C21H27N5O2. The van der Waals surface area contributed by atoms with Crippen LogP contribution in [0.25, 0.3) is 5.69 Å². The molecule has 0 bridgehead atoms. The Morgan fingerprint density at radius 3 is 2.50 bits per heavy atom. The molecule has 2 saturated heterocycles. The molecule has 1 N–H and O–H groups in total. The molecule has 2 aliphatic heterocycles. The van der Waals surface area contributed by atoms with Gasteiger partial charge in [-0.1, -0.05) is 12.1 Å². The van der Waals surface area contributed by atoms with E-state index in [2.05, 4.69) is 10.4 Å². The van der Waals surface area contributed by atoms with Crippen LogP contribution in [0.4, 0.5) is 4.79 Å². The topological polar surface area (TPSA) is 70.5 Å². The fourth-order valence-corrected chi connectivity index (χ4v) is 3.99. The zero-order chi connectivity index (χ0) is 19.3. The molecule has 0 spiro atoms. The Bertz CT molecular complexity index is 797. The van der Waals surface area contributed by atoms with Gasteiger partial charge in [-0.25, -0.2) is 9.48 Å². The zero-order valence-corrected chi connectivity index (χ0v) is 16.1. The predicted octanol–water partition coefficient (Wildman–Crippen LogP) is 2.42. The molecule has 2 aliphatic rings. The number of amides is 3. The lowest BCUT2D eigenvalue weighted by Gasteiger charge is -2.34. The number of hydrogen-bond acceptors (Lipinski definition) is 3. The van der Waals surface area contributed by atoms with Gasteiger partial charge in [0.1, 0.15) is 0 Å². The van der Waals surface area contributed by atoms with E-state index < -0.39 is 0 Å². The van der Waals surface area contributed by atoms with Gasteiger partial charge in [-0.05, 0) is 49.4 Å². The second-order valence-corrected chi connectivity index (χ2v) is 7.60. The molecule has 148 valence electrons. The molecule has 7 heteroatoms. The Hall–Kier alpha value is -2.83. The zero-order valence-electron chi connectivity index (χ0n) is 16.1. The van der Waals surface area contributed by atoms with E-state index in [-0.39, 0.29) is 17.9 Å². The highest BCUT2D eigenvalue weighted by atomic mass is 16.2. The summed E-state index contributed by atoms with van der Waals surface area (Å²) < 4.78 is 1.80. The van der Waals surface area contributed by atoms with E-state index in [1.165, 1.54) is 0 Å². The molecule has 0 saturated carbocycles. The van der Waals surface area contributed by atoms with Crippen LogP contribution in [0.1, 0.15) is 31.2 Å². The highest BCUT2D eigenvalue weighted by molar-refractivity contribution is 5.81. The minimum atomic E-state index is -0.122. The van der Waals surface area contributed by atoms with E-state index >= 15 is 0 Å². The average Bonchev–Trinajstić information content (AvgIpc) is 3.46. The maximum absolute atomic E-state index is 12.6. The number of rotatable bonds is 4. The van der Waals surface area contributed by atoms with Crippen molar-refractivity contribution >= 4 is 11.9 Å².